The first kappa shape index (κ1) is 24.8. The van der Waals surface area contributed by atoms with Crippen LogP contribution in [-0.4, -0.2) is 47.3 Å². The Balaban J connectivity index is 1.49. The van der Waals surface area contributed by atoms with Gasteiger partial charge in [0.05, 0.1) is 17.7 Å². The number of hydrazone groups is 1. The number of aryl methyl sites for hydroxylation is 2. The number of halogens is 1. The average Bonchev–Trinajstić information content (AvgIpc) is 3.25. The normalized spacial score (nSPS) is 16.3. The zero-order valence-electron chi connectivity index (χ0n) is 19.8. The van der Waals surface area contributed by atoms with Gasteiger partial charge in [-0.3, -0.25) is 10.2 Å². The summed E-state index contributed by atoms with van der Waals surface area (Å²) in [6, 6.07) is 9.38. The lowest BCUT2D eigenvalue weighted by molar-refractivity contribution is -0.114. The molecule has 0 saturated carbocycles. The van der Waals surface area contributed by atoms with Crippen molar-refractivity contribution in [3.63, 3.8) is 0 Å². The maximum Gasteiger partial charge on any atom is 0.283 e. The monoisotopic (exact) mass is 512 g/mol. The van der Waals surface area contributed by atoms with E-state index >= 15 is 0 Å². The summed E-state index contributed by atoms with van der Waals surface area (Å²) in [7, 11) is 1.51. The number of aliphatic imine (C=N–C) groups is 1. The van der Waals surface area contributed by atoms with E-state index in [1.807, 2.05) is 39.0 Å². The number of rotatable bonds is 8. The molecule has 0 saturated heterocycles. The molecule has 2 aliphatic heterocycles. The Morgan fingerprint density at radius 1 is 1.14 bits per heavy atom. The molecule has 2 aromatic carbocycles. The number of carbonyl (C=O) groups excluding carboxylic acids is 1. The van der Waals surface area contributed by atoms with Crippen LogP contribution in [0.25, 0.3) is 6.08 Å². The van der Waals surface area contributed by atoms with E-state index in [0.717, 1.165) is 21.9 Å². The lowest BCUT2D eigenvalue weighted by Gasteiger charge is -2.20. The van der Waals surface area contributed by atoms with Crippen molar-refractivity contribution in [2.75, 3.05) is 20.3 Å². The molecule has 35 heavy (non-hydrogen) atoms. The Labute approximate surface area is 213 Å². The van der Waals surface area contributed by atoms with Crippen molar-refractivity contribution in [3.8, 4) is 17.2 Å². The van der Waals surface area contributed by atoms with Crippen molar-refractivity contribution in [1.29, 1.82) is 5.41 Å². The second-order valence-electron chi connectivity index (χ2n) is 7.87. The number of benzene rings is 2. The molecule has 1 N–H and O–H groups in total. The van der Waals surface area contributed by atoms with Crippen LogP contribution in [0.1, 0.15) is 30.0 Å². The number of hydrogen-bond donors (Lipinski definition) is 1. The molecule has 182 valence electrons. The molecule has 4 rings (SSSR count). The number of amidine groups is 2. The molecule has 8 nitrogen and oxygen atoms in total. The summed E-state index contributed by atoms with van der Waals surface area (Å²) in [4.78, 5) is 16.7. The second-order valence-corrected chi connectivity index (χ2v) is 9.32. The van der Waals surface area contributed by atoms with Gasteiger partial charge in [-0.25, -0.2) is 0 Å². The maximum atomic E-state index is 12.6. The van der Waals surface area contributed by atoms with Crippen molar-refractivity contribution >= 4 is 51.4 Å². The summed E-state index contributed by atoms with van der Waals surface area (Å²) < 4.78 is 17.2. The Morgan fingerprint density at radius 2 is 1.91 bits per heavy atom. The van der Waals surface area contributed by atoms with Crippen LogP contribution in [0.15, 0.2) is 46.0 Å². The summed E-state index contributed by atoms with van der Waals surface area (Å²) in [5.41, 5.74) is 2.86. The topological polar surface area (TPSA) is 96.6 Å². The molecule has 1 amide bonds. The molecule has 10 heteroatoms. The van der Waals surface area contributed by atoms with Crippen molar-refractivity contribution in [1.82, 2.24) is 5.01 Å². The number of nitrogens with zero attached hydrogens (tertiary/aromatic N) is 3. The van der Waals surface area contributed by atoms with Gasteiger partial charge in [-0.05, 0) is 73.0 Å². The zero-order valence-corrected chi connectivity index (χ0v) is 21.4. The fourth-order valence-electron chi connectivity index (χ4n) is 3.46. The largest absolute Gasteiger partial charge is 0.493 e. The Hall–Kier alpha value is -3.30. The van der Waals surface area contributed by atoms with E-state index < -0.39 is 5.91 Å². The molecule has 0 atom stereocenters. The third-order valence-corrected chi connectivity index (χ3v) is 6.63. The molecule has 0 fully saturated rings. The van der Waals surface area contributed by atoms with E-state index in [4.69, 9.17) is 31.2 Å². The van der Waals surface area contributed by atoms with E-state index in [2.05, 4.69) is 10.1 Å². The Kier molecular flexibility index (Phi) is 7.47. The predicted octanol–water partition coefficient (Wildman–Crippen LogP) is 5.45. The zero-order chi connectivity index (χ0) is 25.1. The van der Waals surface area contributed by atoms with Gasteiger partial charge in [0.25, 0.3) is 5.91 Å². The molecule has 0 aliphatic carbocycles. The van der Waals surface area contributed by atoms with Crippen molar-refractivity contribution in [2.24, 2.45) is 10.1 Å². The lowest BCUT2D eigenvalue weighted by Crippen LogP contribution is -2.35. The summed E-state index contributed by atoms with van der Waals surface area (Å²) in [5.74, 6) is 1.05. The number of carbonyl (C=O) groups is 1. The highest BCUT2D eigenvalue weighted by Crippen LogP contribution is 2.38. The number of amides is 1. The minimum Gasteiger partial charge on any atom is -0.493 e. The van der Waals surface area contributed by atoms with Gasteiger partial charge in [0, 0.05) is 0 Å². The SMILES string of the molecule is CCC1=NN2C(=N)/C(=C/c3cc(Cl)c(OCCOc4cc(C)ccc4C)c(OC)c3)C(=O)N=C2S1. The first-order valence-electron chi connectivity index (χ1n) is 11.0. The van der Waals surface area contributed by atoms with Crippen molar-refractivity contribution < 1.29 is 19.0 Å². The highest BCUT2D eigenvalue weighted by molar-refractivity contribution is 8.26. The van der Waals surface area contributed by atoms with Gasteiger partial charge in [0.15, 0.2) is 17.3 Å². The van der Waals surface area contributed by atoms with E-state index in [9.17, 15) is 4.79 Å². The first-order chi connectivity index (χ1) is 16.8. The molecule has 0 spiro atoms. The van der Waals surface area contributed by atoms with Crippen molar-refractivity contribution in [2.45, 2.75) is 27.2 Å². The lowest BCUT2D eigenvalue weighted by atomic mass is 10.1. The number of hydrogen-bond acceptors (Lipinski definition) is 7. The first-order valence-corrected chi connectivity index (χ1v) is 12.2. The predicted molar refractivity (Wildman–Crippen MR) is 140 cm³/mol. The van der Waals surface area contributed by atoms with Crippen LogP contribution >= 0.6 is 23.4 Å². The molecule has 0 bridgehead atoms. The van der Waals surface area contributed by atoms with Gasteiger partial charge in [-0.1, -0.05) is 30.7 Å². The fourth-order valence-corrected chi connectivity index (χ4v) is 4.56. The molecule has 2 heterocycles. The third-order valence-electron chi connectivity index (χ3n) is 5.29. The van der Waals surface area contributed by atoms with Crippen LogP contribution in [0.2, 0.25) is 5.02 Å². The standard InChI is InChI=1S/C25H25ClN4O4S/c1-5-21-29-30-23(27)17(24(31)28-25(30)35-21)11-16-12-18(26)22(20(13-16)32-4)34-9-8-33-19-10-14(2)6-7-15(19)3/h6-7,10-13,27H,5,8-9H2,1-4H3/b17-11-,27-23?. The summed E-state index contributed by atoms with van der Waals surface area (Å²) >= 11 is 7.80. The Morgan fingerprint density at radius 3 is 2.66 bits per heavy atom. The van der Waals surface area contributed by atoms with Crippen LogP contribution < -0.4 is 14.2 Å². The summed E-state index contributed by atoms with van der Waals surface area (Å²) in [6.07, 6.45) is 2.25. The number of thioether (sulfide) groups is 1. The van der Waals surface area contributed by atoms with E-state index in [0.29, 0.717) is 40.3 Å². The highest BCUT2D eigenvalue weighted by Gasteiger charge is 2.35. The fraction of sp³-hybridized carbons (Fsp3) is 0.280. The summed E-state index contributed by atoms with van der Waals surface area (Å²) in [5, 5.41) is 15.7. The Bertz CT molecular complexity index is 1290. The molecule has 2 aromatic rings. The van der Waals surface area contributed by atoms with Crippen LogP contribution in [0, 0.1) is 19.3 Å². The number of nitrogens with one attached hydrogen (secondary N) is 1. The van der Waals surface area contributed by atoms with Gasteiger partial charge in [0.2, 0.25) is 5.17 Å². The molecule has 0 unspecified atom stereocenters. The number of ether oxygens (including phenoxy) is 3. The molecular formula is C25H25ClN4O4S. The van der Waals surface area contributed by atoms with E-state index in [-0.39, 0.29) is 18.0 Å². The van der Waals surface area contributed by atoms with Gasteiger partial charge < -0.3 is 14.2 Å². The molecule has 2 aliphatic rings. The third kappa shape index (κ3) is 5.36. The van der Waals surface area contributed by atoms with E-state index in [1.165, 1.54) is 23.9 Å². The smallest absolute Gasteiger partial charge is 0.283 e. The van der Waals surface area contributed by atoms with Crippen LogP contribution in [0.3, 0.4) is 0 Å². The average molecular weight is 513 g/mol. The van der Waals surface area contributed by atoms with Gasteiger partial charge >= 0.3 is 0 Å². The second kappa shape index (κ2) is 10.5. The van der Waals surface area contributed by atoms with Gasteiger partial charge in [-0.15, -0.1) is 0 Å². The van der Waals surface area contributed by atoms with E-state index in [1.54, 1.807) is 18.2 Å². The minimum atomic E-state index is -0.500. The molecule has 0 aromatic heterocycles. The highest BCUT2D eigenvalue weighted by atomic mass is 35.5. The quantitative estimate of drug-likeness (QED) is 0.373. The van der Waals surface area contributed by atoms with Crippen LogP contribution in [-0.2, 0) is 4.79 Å². The van der Waals surface area contributed by atoms with Crippen molar-refractivity contribution in [3.05, 3.63) is 57.6 Å². The maximum absolute atomic E-state index is 12.6. The summed E-state index contributed by atoms with van der Waals surface area (Å²) in [6.45, 7) is 6.55. The molecular weight excluding hydrogens is 488 g/mol. The van der Waals surface area contributed by atoms with Gasteiger partial charge in [-0.2, -0.15) is 15.1 Å². The van der Waals surface area contributed by atoms with Crippen LogP contribution in [0.5, 0.6) is 17.2 Å². The number of fused-ring (bicyclic) bond motifs is 1. The minimum absolute atomic E-state index is 0.0324. The van der Waals surface area contributed by atoms with Gasteiger partial charge in [0.1, 0.15) is 24.0 Å². The number of methoxy groups -OCH3 is 1. The van der Waals surface area contributed by atoms with Crippen LogP contribution in [0.4, 0.5) is 0 Å². The molecule has 0 radical (unpaired) electrons.